The number of nitrogens with zero attached hydrogens (tertiary/aromatic N) is 2. The van der Waals surface area contributed by atoms with Gasteiger partial charge < -0.3 is 22.6 Å². The highest BCUT2D eigenvalue weighted by Crippen LogP contribution is 1.94. The molecule has 0 aliphatic heterocycles. The summed E-state index contributed by atoms with van der Waals surface area (Å²) in [7, 11) is 0. The minimum absolute atomic E-state index is 0. The Hall–Kier alpha value is -1.56. The molecule has 78 valence electrons. The summed E-state index contributed by atoms with van der Waals surface area (Å²) in [6, 6.07) is -0.763. The van der Waals surface area contributed by atoms with E-state index in [1.165, 1.54) is 30.2 Å². The van der Waals surface area contributed by atoms with Crippen molar-refractivity contribution in [1.29, 1.82) is 0 Å². The molecule has 1 aromatic heterocycles. The van der Waals surface area contributed by atoms with Crippen LogP contribution in [0.2, 0.25) is 0 Å². The highest BCUT2D eigenvalue weighted by atomic mass is 35.5. The monoisotopic (exact) mass is 220 g/mol. The fraction of sp³-hybridized carbons (Fsp3) is 0.286. The van der Waals surface area contributed by atoms with Crippen LogP contribution in [-0.4, -0.2) is 26.8 Å². The Balaban J connectivity index is 0.00000169. The Morgan fingerprint density at radius 2 is 2.00 bits per heavy atom. The second-order valence-electron chi connectivity index (χ2n) is 2.56. The number of aromatic nitrogens is 2. The molecule has 0 amide bonds. The molecule has 0 saturated carbocycles. The fourth-order valence-corrected chi connectivity index (χ4v) is 0.839. The number of imidazole rings is 1. The molecule has 1 unspecified atom stereocenters. The van der Waals surface area contributed by atoms with E-state index >= 15 is 0 Å². The Bertz CT molecular complexity index is 349. The zero-order valence-corrected chi connectivity index (χ0v) is 8.05. The van der Waals surface area contributed by atoms with Gasteiger partial charge in [-0.3, -0.25) is 0 Å². The number of carbonyl (C=O) groups is 2. The first-order valence-electron chi connectivity index (χ1n) is 3.57. The lowest BCUT2D eigenvalue weighted by molar-refractivity contribution is -0.706. The predicted octanol–water partition coefficient (Wildman–Crippen LogP) is -3.05. The van der Waals surface area contributed by atoms with Gasteiger partial charge in [-0.1, -0.05) is 0 Å². The number of hydrogen-bond donors (Lipinski definition) is 2. The molecular weight excluding hydrogens is 212 g/mol. The topological polar surface area (TPSA) is 83.4 Å². The third-order valence-corrected chi connectivity index (χ3v) is 1.68. The van der Waals surface area contributed by atoms with Gasteiger partial charge in [0.25, 0.3) is 6.33 Å². The predicted molar refractivity (Wildman–Crippen MR) is 40.4 cm³/mol. The second-order valence-corrected chi connectivity index (χ2v) is 2.56. The van der Waals surface area contributed by atoms with Crippen molar-refractivity contribution in [3.05, 3.63) is 18.7 Å². The van der Waals surface area contributed by atoms with Crippen LogP contribution in [0.1, 0.15) is 13.0 Å². The quantitative estimate of drug-likeness (QED) is 0.519. The normalized spacial score (nSPS) is 11.5. The molecule has 7 heteroatoms. The van der Waals surface area contributed by atoms with E-state index < -0.39 is 18.1 Å². The van der Waals surface area contributed by atoms with Crippen molar-refractivity contribution in [2.75, 3.05) is 0 Å². The zero-order valence-electron chi connectivity index (χ0n) is 7.29. The van der Waals surface area contributed by atoms with Gasteiger partial charge in [0.15, 0.2) is 6.04 Å². The van der Waals surface area contributed by atoms with Crippen molar-refractivity contribution in [1.82, 2.24) is 4.57 Å². The molecule has 0 bridgehead atoms. The van der Waals surface area contributed by atoms with E-state index in [-0.39, 0.29) is 12.4 Å². The summed E-state index contributed by atoms with van der Waals surface area (Å²) < 4.78 is 2.19. The highest BCUT2D eigenvalue weighted by molar-refractivity contribution is 5.69. The summed E-state index contributed by atoms with van der Waals surface area (Å²) in [5, 5.41) is 17.1. The SMILES string of the molecule is CC(C(=O)O)[n+]1ccn(C(=O)O)c1.[Cl-]. The lowest BCUT2D eigenvalue weighted by Gasteiger charge is -1.98. The molecule has 1 rings (SSSR count). The van der Waals surface area contributed by atoms with Crippen molar-refractivity contribution >= 4 is 12.1 Å². The number of rotatable bonds is 2. The third-order valence-electron chi connectivity index (χ3n) is 1.68. The molecule has 0 saturated heterocycles. The Morgan fingerprint density at radius 3 is 2.36 bits per heavy atom. The Morgan fingerprint density at radius 1 is 1.43 bits per heavy atom. The molecule has 1 atom stereocenters. The minimum atomic E-state index is -1.14. The van der Waals surface area contributed by atoms with Crippen LogP contribution in [0.15, 0.2) is 18.7 Å². The van der Waals surface area contributed by atoms with Crippen LogP contribution in [0.25, 0.3) is 0 Å². The lowest BCUT2D eigenvalue weighted by atomic mass is 10.3. The molecule has 0 aliphatic rings. The van der Waals surface area contributed by atoms with Crippen LogP contribution in [0.4, 0.5) is 4.79 Å². The van der Waals surface area contributed by atoms with Crippen LogP contribution in [-0.2, 0) is 4.79 Å². The van der Waals surface area contributed by atoms with E-state index in [9.17, 15) is 9.59 Å². The van der Waals surface area contributed by atoms with E-state index in [0.29, 0.717) is 0 Å². The zero-order chi connectivity index (χ0) is 10.0. The van der Waals surface area contributed by atoms with Gasteiger partial charge in [-0.2, -0.15) is 4.79 Å². The summed E-state index contributed by atoms with van der Waals surface area (Å²) >= 11 is 0. The number of carboxylic acid groups (broad SMARTS) is 2. The van der Waals surface area contributed by atoms with Gasteiger partial charge in [-0.25, -0.2) is 9.36 Å². The van der Waals surface area contributed by atoms with Gasteiger partial charge in [0.1, 0.15) is 12.4 Å². The van der Waals surface area contributed by atoms with Crippen molar-refractivity contribution in [2.24, 2.45) is 0 Å². The van der Waals surface area contributed by atoms with Crippen molar-refractivity contribution in [3.63, 3.8) is 0 Å². The fourth-order valence-electron chi connectivity index (χ4n) is 0.839. The smallest absolute Gasteiger partial charge is 0.509 e. The summed E-state index contributed by atoms with van der Waals surface area (Å²) in [5.41, 5.74) is 0. The van der Waals surface area contributed by atoms with Crippen molar-refractivity contribution in [2.45, 2.75) is 13.0 Å². The number of carboxylic acids is 1. The van der Waals surface area contributed by atoms with E-state index in [0.717, 1.165) is 4.57 Å². The molecule has 1 aromatic rings. The first-order valence-corrected chi connectivity index (χ1v) is 3.57. The number of aliphatic carboxylic acids is 1. The lowest BCUT2D eigenvalue weighted by Crippen LogP contribution is -3.00. The van der Waals surface area contributed by atoms with Gasteiger partial charge >= 0.3 is 12.1 Å². The molecule has 2 N–H and O–H groups in total. The maximum atomic E-state index is 10.5. The Kier molecular flexibility index (Phi) is 4.10. The summed E-state index contributed by atoms with van der Waals surface area (Å²) in [6.07, 6.45) is 2.74. The maximum Gasteiger partial charge on any atom is 0.509 e. The van der Waals surface area contributed by atoms with E-state index in [1.807, 2.05) is 0 Å². The average molecular weight is 221 g/mol. The van der Waals surface area contributed by atoms with Gasteiger partial charge in [-0.15, -0.1) is 4.57 Å². The molecule has 0 aromatic carbocycles. The summed E-state index contributed by atoms with van der Waals surface area (Å²) in [5.74, 6) is -1.01. The van der Waals surface area contributed by atoms with Crippen LogP contribution in [0.3, 0.4) is 0 Å². The number of halogens is 1. The van der Waals surface area contributed by atoms with Crippen LogP contribution >= 0.6 is 0 Å². The van der Waals surface area contributed by atoms with Gasteiger partial charge in [-0.05, 0) is 6.92 Å². The molecule has 14 heavy (non-hydrogen) atoms. The van der Waals surface area contributed by atoms with E-state index in [4.69, 9.17) is 10.2 Å². The van der Waals surface area contributed by atoms with Crippen molar-refractivity contribution < 1.29 is 36.8 Å². The summed E-state index contributed by atoms with van der Waals surface area (Å²) in [4.78, 5) is 20.9. The van der Waals surface area contributed by atoms with Gasteiger partial charge in [0.05, 0.1) is 0 Å². The second kappa shape index (κ2) is 4.61. The molecule has 1 heterocycles. The number of hydrogen-bond acceptors (Lipinski definition) is 2. The van der Waals surface area contributed by atoms with E-state index in [1.54, 1.807) is 0 Å². The first-order chi connectivity index (χ1) is 6.02. The van der Waals surface area contributed by atoms with Crippen LogP contribution in [0, 0.1) is 0 Å². The maximum absolute atomic E-state index is 10.5. The molecule has 0 fully saturated rings. The third kappa shape index (κ3) is 2.46. The highest BCUT2D eigenvalue weighted by Gasteiger charge is 2.20. The van der Waals surface area contributed by atoms with Gasteiger partial charge in [0, 0.05) is 0 Å². The molecule has 0 spiro atoms. The molecule has 0 radical (unpaired) electrons. The standard InChI is InChI=1S/C7H8N2O4.ClH/c1-5(6(10)11)8-2-3-9(4-8)7(12)13;/h2-5H,1H3,(H-,10,11,12,13);1H. The molecular formula is C7H9ClN2O4. The molecule has 6 nitrogen and oxygen atoms in total. The minimum Gasteiger partial charge on any atom is -1.00 e. The van der Waals surface area contributed by atoms with Crippen molar-refractivity contribution in [3.8, 4) is 0 Å². The first kappa shape index (κ1) is 12.4. The average Bonchev–Trinajstić information content (AvgIpc) is 2.50. The summed E-state index contributed by atoms with van der Waals surface area (Å²) in [6.45, 7) is 1.47. The van der Waals surface area contributed by atoms with Gasteiger partial charge in [0.2, 0.25) is 0 Å². The van der Waals surface area contributed by atoms with Crippen LogP contribution in [0.5, 0.6) is 0 Å². The van der Waals surface area contributed by atoms with Crippen LogP contribution < -0.4 is 17.0 Å². The largest absolute Gasteiger partial charge is 1.00 e. The molecule has 0 aliphatic carbocycles. The van der Waals surface area contributed by atoms with E-state index in [2.05, 4.69) is 0 Å². The Labute approximate surface area is 85.8 Å².